The quantitative estimate of drug-likeness (QED) is 0.691. The van der Waals surface area contributed by atoms with Gasteiger partial charge in [-0.15, -0.1) is 0 Å². The highest BCUT2D eigenvalue weighted by atomic mass is 32.2. The Labute approximate surface area is 146 Å². The number of sulfonamides is 1. The van der Waals surface area contributed by atoms with E-state index < -0.39 is 10.0 Å². The summed E-state index contributed by atoms with van der Waals surface area (Å²) < 4.78 is 37.4. The first-order valence-electron chi connectivity index (χ1n) is 7.72. The molecule has 0 spiro atoms. The van der Waals surface area contributed by atoms with Crippen LogP contribution >= 0.6 is 0 Å². The summed E-state index contributed by atoms with van der Waals surface area (Å²) in [6.45, 7) is 5.11. The van der Waals surface area contributed by atoms with E-state index in [2.05, 4.69) is 15.2 Å². The van der Waals surface area contributed by atoms with Gasteiger partial charge >= 0.3 is 0 Å². The van der Waals surface area contributed by atoms with E-state index in [1.165, 1.54) is 6.92 Å². The number of hydrogen-bond donors (Lipinski definition) is 2. The third kappa shape index (κ3) is 5.30. The molecule has 1 heterocycles. The lowest BCUT2D eigenvalue weighted by molar-refractivity contribution is -0.114. The molecule has 8 nitrogen and oxygen atoms in total. The molecule has 0 unspecified atom stereocenters. The summed E-state index contributed by atoms with van der Waals surface area (Å²) in [5.41, 5.74) is 0.972. The van der Waals surface area contributed by atoms with Crippen molar-refractivity contribution in [3.8, 4) is 5.75 Å². The van der Waals surface area contributed by atoms with Gasteiger partial charge in [0.15, 0.2) is 5.76 Å². The molecule has 0 aliphatic rings. The van der Waals surface area contributed by atoms with Gasteiger partial charge in [0.05, 0.1) is 6.61 Å². The minimum Gasteiger partial charge on any atom is -0.493 e. The molecule has 1 aromatic carbocycles. The highest BCUT2D eigenvalue weighted by Gasteiger charge is 2.23. The monoisotopic (exact) mass is 367 g/mol. The number of benzene rings is 1. The molecule has 0 saturated heterocycles. The van der Waals surface area contributed by atoms with Crippen LogP contribution in [0.15, 0.2) is 33.7 Å². The molecular weight excluding hydrogens is 346 g/mol. The van der Waals surface area contributed by atoms with Gasteiger partial charge in [-0.2, -0.15) is 0 Å². The minimum absolute atomic E-state index is 0.0800. The van der Waals surface area contributed by atoms with E-state index in [-0.39, 0.29) is 23.1 Å². The van der Waals surface area contributed by atoms with Crippen LogP contribution in [0.25, 0.3) is 0 Å². The SMILES string of the molecule is CC(=O)Nc1cccc(OCCCNS(=O)(=O)c2c(C)noc2C)c1. The standard InChI is InChI=1S/C16H21N3O5S/c1-11-16(12(2)24-19-11)25(21,22)17-8-5-9-23-15-7-4-6-14(10-15)18-13(3)20/h4,6-7,10,17H,5,8-9H2,1-3H3,(H,18,20). The number of anilines is 1. The van der Waals surface area contributed by atoms with Gasteiger partial charge in [-0.25, -0.2) is 13.1 Å². The predicted molar refractivity (Wildman–Crippen MR) is 92.0 cm³/mol. The summed E-state index contributed by atoms with van der Waals surface area (Å²) in [5.74, 6) is 0.696. The number of aryl methyl sites for hydroxylation is 2. The summed E-state index contributed by atoms with van der Waals surface area (Å²) in [4.78, 5) is 11.1. The lowest BCUT2D eigenvalue weighted by Crippen LogP contribution is -2.26. The molecule has 0 aliphatic heterocycles. The average molecular weight is 367 g/mol. The summed E-state index contributed by atoms with van der Waals surface area (Å²) in [5, 5.41) is 6.31. The van der Waals surface area contributed by atoms with Gasteiger partial charge in [0.25, 0.3) is 0 Å². The first-order valence-corrected chi connectivity index (χ1v) is 9.21. The maximum atomic E-state index is 12.2. The number of carbonyl (C=O) groups is 1. The molecular formula is C16H21N3O5S. The van der Waals surface area contributed by atoms with Gasteiger partial charge in [-0.1, -0.05) is 11.2 Å². The van der Waals surface area contributed by atoms with Crippen LogP contribution in [0.5, 0.6) is 5.75 Å². The first kappa shape index (κ1) is 18.9. The smallest absolute Gasteiger partial charge is 0.245 e. The van der Waals surface area contributed by atoms with Crippen molar-refractivity contribution in [2.45, 2.75) is 32.1 Å². The van der Waals surface area contributed by atoms with Crippen LogP contribution in [-0.2, 0) is 14.8 Å². The molecule has 25 heavy (non-hydrogen) atoms. The fourth-order valence-corrected chi connectivity index (χ4v) is 3.67. The molecule has 136 valence electrons. The van der Waals surface area contributed by atoms with Gasteiger partial charge in [0.1, 0.15) is 16.3 Å². The zero-order valence-electron chi connectivity index (χ0n) is 14.3. The number of ether oxygens (including phenoxy) is 1. The maximum Gasteiger partial charge on any atom is 0.245 e. The second-order valence-electron chi connectivity index (χ2n) is 5.46. The molecule has 0 saturated carbocycles. The molecule has 1 aromatic heterocycles. The van der Waals surface area contributed by atoms with Crippen molar-refractivity contribution in [2.75, 3.05) is 18.5 Å². The molecule has 1 amide bonds. The summed E-state index contributed by atoms with van der Waals surface area (Å²) >= 11 is 0. The highest BCUT2D eigenvalue weighted by Crippen LogP contribution is 2.19. The minimum atomic E-state index is -3.65. The molecule has 0 atom stereocenters. The maximum absolute atomic E-state index is 12.2. The van der Waals surface area contributed by atoms with Crippen LogP contribution < -0.4 is 14.8 Å². The molecule has 0 bridgehead atoms. The lowest BCUT2D eigenvalue weighted by Gasteiger charge is -2.09. The Morgan fingerprint density at radius 1 is 1.32 bits per heavy atom. The lowest BCUT2D eigenvalue weighted by atomic mass is 10.3. The normalized spacial score (nSPS) is 11.3. The van der Waals surface area contributed by atoms with E-state index in [1.807, 2.05) is 0 Å². The molecule has 2 aromatic rings. The molecule has 9 heteroatoms. The van der Waals surface area contributed by atoms with E-state index in [9.17, 15) is 13.2 Å². The van der Waals surface area contributed by atoms with Gasteiger partial charge < -0.3 is 14.6 Å². The zero-order valence-corrected chi connectivity index (χ0v) is 15.1. The number of carbonyl (C=O) groups excluding carboxylic acids is 1. The van der Waals surface area contributed by atoms with E-state index in [0.29, 0.717) is 30.2 Å². The summed E-state index contributed by atoms with van der Waals surface area (Å²) in [7, 11) is -3.65. The fraction of sp³-hybridized carbons (Fsp3) is 0.375. The topological polar surface area (TPSA) is 111 Å². The Morgan fingerprint density at radius 3 is 2.72 bits per heavy atom. The molecule has 2 N–H and O–H groups in total. The fourth-order valence-electron chi connectivity index (χ4n) is 2.27. The largest absolute Gasteiger partial charge is 0.493 e. The summed E-state index contributed by atoms with van der Waals surface area (Å²) in [6, 6.07) is 6.99. The Bertz CT molecular complexity index is 826. The number of nitrogens with zero attached hydrogens (tertiary/aromatic N) is 1. The van der Waals surface area contributed by atoms with Crippen LogP contribution in [0.2, 0.25) is 0 Å². The van der Waals surface area contributed by atoms with Crippen LogP contribution in [0.4, 0.5) is 5.69 Å². The van der Waals surface area contributed by atoms with Crippen molar-refractivity contribution in [3.63, 3.8) is 0 Å². The van der Waals surface area contributed by atoms with Crippen molar-refractivity contribution in [2.24, 2.45) is 0 Å². The number of amides is 1. The van der Waals surface area contributed by atoms with Crippen LogP contribution in [0.1, 0.15) is 24.8 Å². The second-order valence-corrected chi connectivity index (χ2v) is 7.17. The Hall–Kier alpha value is -2.39. The van der Waals surface area contributed by atoms with Crippen LogP contribution in [0, 0.1) is 13.8 Å². The van der Waals surface area contributed by atoms with Crippen LogP contribution in [0.3, 0.4) is 0 Å². The van der Waals surface area contributed by atoms with Crippen molar-refractivity contribution < 1.29 is 22.5 Å². The van der Waals surface area contributed by atoms with Gasteiger partial charge in [-0.3, -0.25) is 4.79 Å². The van der Waals surface area contributed by atoms with E-state index in [4.69, 9.17) is 9.26 Å². The molecule has 0 radical (unpaired) electrons. The molecule has 0 fully saturated rings. The number of rotatable bonds is 8. The van der Waals surface area contributed by atoms with Gasteiger partial charge in [-0.05, 0) is 32.4 Å². The van der Waals surface area contributed by atoms with E-state index >= 15 is 0 Å². The van der Waals surface area contributed by atoms with Crippen molar-refractivity contribution in [1.82, 2.24) is 9.88 Å². The zero-order chi connectivity index (χ0) is 18.4. The Balaban J connectivity index is 1.81. The predicted octanol–water partition coefficient (Wildman–Crippen LogP) is 2.00. The number of aromatic nitrogens is 1. The van der Waals surface area contributed by atoms with Crippen molar-refractivity contribution in [3.05, 3.63) is 35.7 Å². The second kappa shape index (κ2) is 8.13. The van der Waals surface area contributed by atoms with Crippen molar-refractivity contribution in [1.29, 1.82) is 0 Å². The highest BCUT2D eigenvalue weighted by molar-refractivity contribution is 7.89. The third-order valence-electron chi connectivity index (χ3n) is 3.27. The summed E-state index contributed by atoms with van der Waals surface area (Å²) in [6.07, 6.45) is 0.479. The first-order chi connectivity index (χ1) is 11.8. The van der Waals surface area contributed by atoms with E-state index in [1.54, 1.807) is 38.1 Å². The third-order valence-corrected chi connectivity index (χ3v) is 4.98. The number of hydrogen-bond acceptors (Lipinski definition) is 6. The average Bonchev–Trinajstić information content (AvgIpc) is 2.86. The van der Waals surface area contributed by atoms with Gasteiger partial charge in [0.2, 0.25) is 15.9 Å². The van der Waals surface area contributed by atoms with Gasteiger partial charge in [0, 0.05) is 25.2 Å². The van der Waals surface area contributed by atoms with Crippen LogP contribution in [-0.4, -0.2) is 32.6 Å². The number of nitrogens with one attached hydrogen (secondary N) is 2. The van der Waals surface area contributed by atoms with Crippen molar-refractivity contribution >= 4 is 21.6 Å². The Kier molecular flexibility index (Phi) is 6.16. The van der Waals surface area contributed by atoms with E-state index in [0.717, 1.165) is 0 Å². The molecule has 2 rings (SSSR count). The molecule has 0 aliphatic carbocycles. The Morgan fingerprint density at radius 2 is 2.08 bits per heavy atom.